The van der Waals surface area contributed by atoms with Crippen LogP contribution in [0.2, 0.25) is 0 Å². The molecule has 0 atom stereocenters. The van der Waals surface area contributed by atoms with Crippen LogP contribution in [-0.4, -0.2) is 61.0 Å². The maximum Gasteiger partial charge on any atom is 0.272 e. The Bertz CT molecular complexity index is 1180. The van der Waals surface area contributed by atoms with Crippen molar-refractivity contribution >= 4 is 33.8 Å². The summed E-state index contributed by atoms with van der Waals surface area (Å²) in [7, 11) is 0. The van der Waals surface area contributed by atoms with Crippen molar-refractivity contribution in [2.75, 3.05) is 18.4 Å². The molecule has 5 rings (SSSR count). The third-order valence-corrected chi connectivity index (χ3v) is 6.79. The Hall–Kier alpha value is -3.01. The Balaban J connectivity index is 1.37. The summed E-state index contributed by atoms with van der Waals surface area (Å²) in [5.74, 6) is 1.35. The second kappa shape index (κ2) is 8.40. The number of carbonyl (C=O) groups is 2. The van der Waals surface area contributed by atoms with E-state index < -0.39 is 0 Å². The van der Waals surface area contributed by atoms with Crippen LogP contribution in [0.4, 0.5) is 5.82 Å². The number of rotatable bonds is 5. The van der Waals surface area contributed by atoms with Gasteiger partial charge in [0.15, 0.2) is 5.82 Å². The van der Waals surface area contributed by atoms with Gasteiger partial charge in [0.1, 0.15) is 16.3 Å². The van der Waals surface area contributed by atoms with E-state index in [1.807, 2.05) is 37.2 Å². The van der Waals surface area contributed by atoms with E-state index in [-0.39, 0.29) is 29.3 Å². The van der Waals surface area contributed by atoms with Gasteiger partial charge in [0.25, 0.3) is 5.91 Å². The van der Waals surface area contributed by atoms with Crippen LogP contribution >= 0.6 is 11.3 Å². The second-order valence-corrected chi connectivity index (χ2v) is 10.8. The molecule has 0 spiro atoms. The monoisotopic (exact) mass is 467 g/mol. The first-order valence-corrected chi connectivity index (χ1v) is 12.3. The molecule has 1 saturated carbocycles. The summed E-state index contributed by atoms with van der Waals surface area (Å²) in [4.78, 5) is 37.6. The van der Waals surface area contributed by atoms with Crippen LogP contribution in [0.3, 0.4) is 0 Å². The van der Waals surface area contributed by atoms with Crippen molar-refractivity contribution in [1.82, 2.24) is 29.8 Å². The van der Waals surface area contributed by atoms with E-state index in [0.717, 1.165) is 36.1 Å². The molecule has 3 aromatic rings. The molecule has 2 aliphatic rings. The van der Waals surface area contributed by atoms with Gasteiger partial charge >= 0.3 is 0 Å². The second-order valence-electron chi connectivity index (χ2n) is 9.90. The molecule has 2 N–H and O–H groups in total. The van der Waals surface area contributed by atoms with Crippen molar-refractivity contribution in [1.29, 1.82) is 0 Å². The molecule has 10 heteroatoms. The SMILES string of the molecule is CC(C)(C)Nc1cc(C(=O)N2CCC(NC(=O)C3CC3)CC2)nc(-c2cnn3ccsc23)n1. The number of nitrogens with zero attached hydrogens (tertiary/aromatic N) is 5. The molecule has 0 bridgehead atoms. The zero-order chi connectivity index (χ0) is 23.2. The van der Waals surface area contributed by atoms with Crippen LogP contribution in [0.5, 0.6) is 0 Å². The maximum atomic E-state index is 13.4. The average Bonchev–Trinajstić information content (AvgIpc) is 3.39. The number of fused-ring (bicyclic) bond motifs is 1. The molecule has 0 aromatic carbocycles. The van der Waals surface area contributed by atoms with Gasteiger partial charge in [-0.1, -0.05) is 0 Å². The van der Waals surface area contributed by atoms with E-state index in [1.165, 1.54) is 0 Å². The van der Waals surface area contributed by atoms with Crippen molar-refractivity contribution in [3.8, 4) is 11.4 Å². The fraction of sp³-hybridized carbons (Fsp3) is 0.522. The molecule has 174 valence electrons. The predicted octanol–water partition coefficient (Wildman–Crippen LogP) is 3.19. The number of hydrogen-bond acceptors (Lipinski definition) is 7. The number of aromatic nitrogens is 4. The molecule has 9 nitrogen and oxygen atoms in total. The van der Waals surface area contributed by atoms with Crippen molar-refractivity contribution in [3.63, 3.8) is 0 Å². The van der Waals surface area contributed by atoms with Crippen LogP contribution in [0.15, 0.2) is 23.8 Å². The number of anilines is 1. The van der Waals surface area contributed by atoms with Crippen LogP contribution in [0.25, 0.3) is 16.2 Å². The number of amides is 2. The quantitative estimate of drug-likeness (QED) is 0.597. The van der Waals surface area contributed by atoms with Crippen molar-refractivity contribution in [3.05, 3.63) is 29.5 Å². The smallest absolute Gasteiger partial charge is 0.272 e. The largest absolute Gasteiger partial charge is 0.365 e. The highest BCUT2D eigenvalue weighted by Gasteiger charge is 2.32. The van der Waals surface area contributed by atoms with Gasteiger partial charge in [-0.15, -0.1) is 11.3 Å². The normalized spacial score (nSPS) is 17.4. The number of nitrogens with one attached hydrogen (secondary N) is 2. The Labute approximate surface area is 196 Å². The van der Waals surface area contributed by atoms with Crippen LogP contribution in [-0.2, 0) is 4.79 Å². The first-order chi connectivity index (χ1) is 15.8. The van der Waals surface area contributed by atoms with Gasteiger partial charge in [-0.3, -0.25) is 9.59 Å². The zero-order valence-electron chi connectivity index (χ0n) is 19.2. The van der Waals surface area contributed by atoms with E-state index in [4.69, 9.17) is 4.98 Å². The lowest BCUT2D eigenvalue weighted by molar-refractivity contribution is -0.123. The molecule has 0 radical (unpaired) electrons. The standard InChI is InChI=1S/C23H29N7O2S/c1-23(2,3)28-18-12-17(26-19(27-18)16-13-24-30-10-11-33-22(16)30)21(32)29-8-6-15(7-9-29)25-20(31)14-4-5-14/h10-15H,4-9H2,1-3H3,(H,25,31)(H,26,27,28). The van der Waals surface area contributed by atoms with Gasteiger partial charge in [-0.05, 0) is 46.5 Å². The molecule has 1 aliphatic heterocycles. The number of likely N-dealkylation sites (tertiary alicyclic amines) is 1. The topological polar surface area (TPSA) is 105 Å². The number of thiazole rings is 1. The summed E-state index contributed by atoms with van der Waals surface area (Å²) in [5.41, 5.74) is 0.947. The summed E-state index contributed by atoms with van der Waals surface area (Å²) in [6.07, 6.45) is 7.14. The zero-order valence-corrected chi connectivity index (χ0v) is 20.0. The molecule has 4 heterocycles. The molecule has 33 heavy (non-hydrogen) atoms. The molecule has 2 fully saturated rings. The number of piperidine rings is 1. The van der Waals surface area contributed by atoms with E-state index in [1.54, 1.807) is 28.1 Å². The van der Waals surface area contributed by atoms with Gasteiger partial charge in [0.05, 0.1) is 11.8 Å². The Morgan fingerprint density at radius 2 is 1.88 bits per heavy atom. The molecule has 2 amide bonds. The molecular formula is C23H29N7O2S. The first-order valence-electron chi connectivity index (χ1n) is 11.4. The van der Waals surface area contributed by atoms with Crippen molar-refractivity contribution in [2.24, 2.45) is 5.92 Å². The molecule has 0 unspecified atom stereocenters. The van der Waals surface area contributed by atoms with Crippen LogP contribution in [0.1, 0.15) is 56.9 Å². The number of carbonyl (C=O) groups excluding carboxylic acids is 2. The Morgan fingerprint density at radius 1 is 1.12 bits per heavy atom. The van der Waals surface area contributed by atoms with Gasteiger partial charge in [0, 0.05) is 48.2 Å². The Morgan fingerprint density at radius 3 is 2.58 bits per heavy atom. The lowest BCUT2D eigenvalue weighted by Gasteiger charge is -2.32. The van der Waals surface area contributed by atoms with Crippen molar-refractivity contribution in [2.45, 2.75) is 58.0 Å². The minimum atomic E-state index is -0.221. The van der Waals surface area contributed by atoms with E-state index in [0.29, 0.717) is 30.4 Å². The number of hydrogen-bond donors (Lipinski definition) is 2. The molecule has 1 saturated heterocycles. The third kappa shape index (κ3) is 4.85. The minimum Gasteiger partial charge on any atom is -0.365 e. The van der Waals surface area contributed by atoms with E-state index in [2.05, 4.69) is 20.7 Å². The van der Waals surface area contributed by atoms with Gasteiger partial charge in [0.2, 0.25) is 5.91 Å². The fourth-order valence-electron chi connectivity index (χ4n) is 4.06. The van der Waals surface area contributed by atoms with E-state index >= 15 is 0 Å². The fourth-order valence-corrected chi connectivity index (χ4v) is 4.85. The van der Waals surface area contributed by atoms with Crippen molar-refractivity contribution < 1.29 is 9.59 Å². The van der Waals surface area contributed by atoms with Crippen LogP contribution in [0, 0.1) is 5.92 Å². The summed E-state index contributed by atoms with van der Waals surface area (Å²) in [5, 5.41) is 12.8. The average molecular weight is 468 g/mol. The molecule has 1 aliphatic carbocycles. The highest BCUT2D eigenvalue weighted by Crippen LogP contribution is 2.30. The highest BCUT2D eigenvalue weighted by molar-refractivity contribution is 7.16. The Kier molecular flexibility index (Phi) is 5.55. The molecular weight excluding hydrogens is 438 g/mol. The minimum absolute atomic E-state index is 0.114. The van der Waals surface area contributed by atoms with Gasteiger partial charge in [-0.2, -0.15) is 5.10 Å². The molecule has 3 aromatic heterocycles. The maximum absolute atomic E-state index is 13.4. The van der Waals surface area contributed by atoms with Gasteiger partial charge in [-0.25, -0.2) is 14.5 Å². The van der Waals surface area contributed by atoms with Gasteiger partial charge < -0.3 is 15.5 Å². The van der Waals surface area contributed by atoms with E-state index in [9.17, 15) is 9.59 Å². The summed E-state index contributed by atoms with van der Waals surface area (Å²) in [6.45, 7) is 7.34. The third-order valence-electron chi connectivity index (χ3n) is 5.90. The highest BCUT2D eigenvalue weighted by atomic mass is 32.1. The lowest BCUT2D eigenvalue weighted by Crippen LogP contribution is -2.47. The first kappa shape index (κ1) is 21.8. The summed E-state index contributed by atoms with van der Waals surface area (Å²) >= 11 is 1.56. The summed E-state index contributed by atoms with van der Waals surface area (Å²) in [6, 6.07) is 1.87. The summed E-state index contributed by atoms with van der Waals surface area (Å²) < 4.78 is 1.79. The predicted molar refractivity (Wildman–Crippen MR) is 127 cm³/mol. The van der Waals surface area contributed by atoms with Crippen LogP contribution < -0.4 is 10.6 Å². The lowest BCUT2D eigenvalue weighted by atomic mass is 10.0.